The average molecular weight is 269 g/mol. The second kappa shape index (κ2) is 5.66. The highest BCUT2D eigenvalue weighted by molar-refractivity contribution is 5.49. The fraction of sp³-hybridized carbons (Fsp3) is 0.333. The summed E-state index contributed by atoms with van der Waals surface area (Å²) in [6.45, 7) is 1.81. The van der Waals surface area contributed by atoms with Crippen molar-refractivity contribution in [3.63, 3.8) is 0 Å². The molecule has 0 fully saturated rings. The predicted molar refractivity (Wildman–Crippen MR) is 81.5 cm³/mol. The normalized spacial score (nSPS) is 18.2. The Labute approximate surface area is 119 Å². The summed E-state index contributed by atoms with van der Waals surface area (Å²) < 4.78 is 13.4. The van der Waals surface area contributed by atoms with Gasteiger partial charge in [-0.1, -0.05) is 30.7 Å². The minimum absolute atomic E-state index is 0.142. The molecule has 0 saturated carbocycles. The lowest BCUT2D eigenvalue weighted by Crippen LogP contribution is -2.11. The monoisotopic (exact) mass is 269 g/mol. The molecule has 3 rings (SSSR count). The molecule has 1 aliphatic rings. The Kier molecular flexibility index (Phi) is 3.72. The first-order valence-electron chi connectivity index (χ1n) is 7.34. The predicted octanol–water partition coefficient (Wildman–Crippen LogP) is 5.01. The van der Waals surface area contributed by atoms with Crippen molar-refractivity contribution < 1.29 is 4.39 Å². The quantitative estimate of drug-likeness (QED) is 0.755. The number of halogens is 1. The number of nitrogens with one attached hydrogen (secondary N) is 1. The molecule has 1 N–H and O–H groups in total. The van der Waals surface area contributed by atoms with Gasteiger partial charge in [-0.15, -0.1) is 0 Å². The maximum Gasteiger partial charge on any atom is 0.126 e. The van der Waals surface area contributed by atoms with Gasteiger partial charge < -0.3 is 5.32 Å². The summed E-state index contributed by atoms with van der Waals surface area (Å²) in [5, 5.41) is 3.58. The first-order chi connectivity index (χ1) is 9.74. The zero-order chi connectivity index (χ0) is 13.9. The Morgan fingerprint density at radius 3 is 2.80 bits per heavy atom. The number of fused-ring (bicyclic) bond motifs is 1. The Morgan fingerprint density at radius 2 is 1.95 bits per heavy atom. The van der Waals surface area contributed by atoms with Crippen LogP contribution in [0.25, 0.3) is 0 Å². The SMILES string of the molecule is Cc1cc(NC2CCCCc3ccccc32)ccc1F. The lowest BCUT2D eigenvalue weighted by Gasteiger charge is -2.21. The molecule has 0 bridgehead atoms. The van der Waals surface area contributed by atoms with Crippen LogP contribution in [0.3, 0.4) is 0 Å². The molecule has 0 amide bonds. The molecule has 0 aliphatic heterocycles. The fourth-order valence-corrected chi connectivity index (χ4v) is 3.01. The van der Waals surface area contributed by atoms with E-state index >= 15 is 0 Å². The molecule has 20 heavy (non-hydrogen) atoms. The van der Waals surface area contributed by atoms with Gasteiger partial charge in [0.1, 0.15) is 5.82 Å². The third kappa shape index (κ3) is 2.69. The van der Waals surface area contributed by atoms with Crippen LogP contribution in [0, 0.1) is 12.7 Å². The van der Waals surface area contributed by atoms with Crippen molar-refractivity contribution in [1.82, 2.24) is 0 Å². The maximum absolute atomic E-state index is 13.4. The molecule has 0 aromatic heterocycles. The number of benzene rings is 2. The molecule has 1 aliphatic carbocycles. The van der Waals surface area contributed by atoms with Crippen LogP contribution in [0.2, 0.25) is 0 Å². The van der Waals surface area contributed by atoms with Crippen molar-refractivity contribution in [2.75, 3.05) is 5.32 Å². The Balaban J connectivity index is 1.88. The van der Waals surface area contributed by atoms with Gasteiger partial charge in [-0.3, -0.25) is 0 Å². The molecule has 0 saturated heterocycles. The number of aryl methyl sites for hydroxylation is 2. The molecule has 1 nitrogen and oxygen atoms in total. The van der Waals surface area contributed by atoms with Crippen LogP contribution in [-0.2, 0) is 6.42 Å². The minimum Gasteiger partial charge on any atom is -0.378 e. The molecule has 2 aromatic rings. The zero-order valence-corrected chi connectivity index (χ0v) is 11.8. The molecule has 0 spiro atoms. The summed E-state index contributed by atoms with van der Waals surface area (Å²) in [7, 11) is 0. The van der Waals surface area contributed by atoms with E-state index in [1.807, 2.05) is 19.1 Å². The molecule has 0 heterocycles. The van der Waals surface area contributed by atoms with Gasteiger partial charge in [0, 0.05) is 5.69 Å². The highest BCUT2D eigenvalue weighted by atomic mass is 19.1. The summed E-state index contributed by atoms with van der Waals surface area (Å²) >= 11 is 0. The van der Waals surface area contributed by atoms with Gasteiger partial charge in [0.15, 0.2) is 0 Å². The molecule has 104 valence electrons. The van der Waals surface area contributed by atoms with Crippen LogP contribution in [0.5, 0.6) is 0 Å². The number of hydrogen-bond acceptors (Lipinski definition) is 1. The Morgan fingerprint density at radius 1 is 1.10 bits per heavy atom. The lowest BCUT2D eigenvalue weighted by atomic mass is 9.99. The molecule has 1 unspecified atom stereocenters. The first-order valence-corrected chi connectivity index (χ1v) is 7.34. The van der Waals surface area contributed by atoms with Crippen molar-refractivity contribution in [2.45, 2.75) is 38.6 Å². The van der Waals surface area contributed by atoms with E-state index in [-0.39, 0.29) is 5.82 Å². The van der Waals surface area contributed by atoms with Crippen LogP contribution in [-0.4, -0.2) is 0 Å². The second-order valence-electron chi connectivity index (χ2n) is 5.61. The van der Waals surface area contributed by atoms with Crippen molar-refractivity contribution in [1.29, 1.82) is 0 Å². The number of anilines is 1. The first kappa shape index (κ1) is 13.2. The summed E-state index contributed by atoms with van der Waals surface area (Å²) in [6.07, 6.45) is 4.77. The van der Waals surface area contributed by atoms with Crippen LogP contribution < -0.4 is 5.32 Å². The Hall–Kier alpha value is -1.83. The highest BCUT2D eigenvalue weighted by Crippen LogP contribution is 2.31. The third-order valence-corrected chi connectivity index (χ3v) is 4.12. The van der Waals surface area contributed by atoms with E-state index in [1.54, 1.807) is 6.07 Å². The van der Waals surface area contributed by atoms with Gasteiger partial charge in [0.05, 0.1) is 6.04 Å². The molecule has 2 heteroatoms. The van der Waals surface area contributed by atoms with Gasteiger partial charge >= 0.3 is 0 Å². The van der Waals surface area contributed by atoms with E-state index in [4.69, 9.17) is 0 Å². The van der Waals surface area contributed by atoms with Gasteiger partial charge in [-0.05, 0) is 61.1 Å². The fourth-order valence-electron chi connectivity index (χ4n) is 3.01. The van der Waals surface area contributed by atoms with Crippen molar-refractivity contribution in [3.8, 4) is 0 Å². The number of hydrogen-bond donors (Lipinski definition) is 1. The molecular weight excluding hydrogens is 249 g/mol. The largest absolute Gasteiger partial charge is 0.378 e. The average Bonchev–Trinajstić information content (AvgIpc) is 2.66. The highest BCUT2D eigenvalue weighted by Gasteiger charge is 2.18. The topological polar surface area (TPSA) is 12.0 Å². The maximum atomic E-state index is 13.4. The molecule has 2 aromatic carbocycles. The molecule has 0 radical (unpaired) electrons. The van der Waals surface area contributed by atoms with Gasteiger partial charge in [-0.25, -0.2) is 4.39 Å². The summed E-state index contributed by atoms with van der Waals surface area (Å²) in [5.74, 6) is -0.142. The van der Waals surface area contributed by atoms with Crippen LogP contribution in [0.4, 0.5) is 10.1 Å². The van der Waals surface area contributed by atoms with E-state index in [1.165, 1.54) is 24.0 Å². The van der Waals surface area contributed by atoms with Crippen molar-refractivity contribution in [2.24, 2.45) is 0 Å². The van der Waals surface area contributed by atoms with E-state index in [0.717, 1.165) is 18.5 Å². The summed E-state index contributed by atoms with van der Waals surface area (Å²) in [5.41, 5.74) is 4.54. The second-order valence-corrected chi connectivity index (χ2v) is 5.61. The lowest BCUT2D eigenvalue weighted by molar-refractivity contribution is 0.617. The van der Waals surface area contributed by atoms with Gasteiger partial charge in [0.2, 0.25) is 0 Å². The van der Waals surface area contributed by atoms with Crippen LogP contribution >= 0.6 is 0 Å². The molecule has 1 atom stereocenters. The van der Waals surface area contributed by atoms with Gasteiger partial charge in [-0.2, -0.15) is 0 Å². The summed E-state index contributed by atoms with van der Waals surface area (Å²) in [6, 6.07) is 14.3. The Bertz CT molecular complexity index is 606. The van der Waals surface area contributed by atoms with E-state index in [0.29, 0.717) is 11.6 Å². The van der Waals surface area contributed by atoms with Gasteiger partial charge in [0.25, 0.3) is 0 Å². The van der Waals surface area contributed by atoms with E-state index in [2.05, 4.69) is 29.6 Å². The van der Waals surface area contributed by atoms with Crippen molar-refractivity contribution in [3.05, 3.63) is 65.0 Å². The smallest absolute Gasteiger partial charge is 0.126 e. The molecular formula is C18H20FN. The van der Waals surface area contributed by atoms with Crippen LogP contribution in [0.1, 0.15) is 42.0 Å². The zero-order valence-electron chi connectivity index (χ0n) is 11.8. The van der Waals surface area contributed by atoms with E-state index < -0.39 is 0 Å². The minimum atomic E-state index is -0.142. The number of rotatable bonds is 2. The summed E-state index contributed by atoms with van der Waals surface area (Å²) in [4.78, 5) is 0. The third-order valence-electron chi connectivity index (χ3n) is 4.12. The standard InChI is InChI=1S/C18H20FN/c1-13-12-15(10-11-17(13)19)20-18-9-5-3-7-14-6-2-4-8-16(14)18/h2,4,6,8,10-12,18,20H,3,5,7,9H2,1H3. The van der Waals surface area contributed by atoms with Crippen molar-refractivity contribution >= 4 is 5.69 Å². The van der Waals surface area contributed by atoms with Crippen LogP contribution in [0.15, 0.2) is 42.5 Å². The van der Waals surface area contributed by atoms with E-state index in [9.17, 15) is 4.39 Å².